The van der Waals surface area contributed by atoms with Gasteiger partial charge in [-0.15, -0.1) is 0 Å². The third-order valence-electron chi connectivity index (χ3n) is 5.85. The van der Waals surface area contributed by atoms with Gasteiger partial charge in [0.05, 0.1) is 19.5 Å². The highest BCUT2D eigenvalue weighted by molar-refractivity contribution is 5.66. The molecular formula is C20H30O5. The first-order valence-electron chi connectivity index (χ1n) is 9.64. The van der Waals surface area contributed by atoms with Gasteiger partial charge in [0.25, 0.3) is 0 Å². The highest BCUT2D eigenvalue weighted by Gasteiger charge is 2.43. The van der Waals surface area contributed by atoms with E-state index in [1.54, 1.807) is 0 Å². The van der Waals surface area contributed by atoms with Gasteiger partial charge in [-0.05, 0) is 62.4 Å². The number of carbonyl (C=O) groups is 1. The Kier molecular flexibility index (Phi) is 6.54. The summed E-state index contributed by atoms with van der Waals surface area (Å²) >= 11 is 0. The van der Waals surface area contributed by atoms with Crippen LogP contribution in [0.25, 0.3) is 0 Å². The van der Waals surface area contributed by atoms with Crippen LogP contribution >= 0.6 is 0 Å². The Bertz CT molecular complexity index is 518. The normalized spacial score (nSPS) is 35.2. The van der Waals surface area contributed by atoms with Gasteiger partial charge in [-0.3, -0.25) is 4.79 Å². The van der Waals surface area contributed by atoms with Crippen molar-refractivity contribution in [3.63, 3.8) is 0 Å². The third-order valence-corrected chi connectivity index (χ3v) is 5.85. The maximum Gasteiger partial charge on any atom is 0.303 e. The molecule has 140 valence electrons. The number of carboxylic acid groups (broad SMARTS) is 1. The second-order valence-electron chi connectivity index (χ2n) is 7.60. The monoisotopic (exact) mass is 350 g/mol. The zero-order valence-electron chi connectivity index (χ0n) is 14.9. The molecule has 2 aliphatic carbocycles. The Morgan fingerprint density at radius 1 is 1.28 bits per heavy atom. The molecule has 0 bridgehead atoms. The summed E-state index contributed by atoms with van der Waals surface area (Å²) in [6, 6.07) is 0. The number of aliphatic carboxylic acids is 1. The molecule has 0 aromatic rings. The Morgan fingerprint density at radius 3 is 2.88 bits per heavy atom. The number of aliphatic hydroxyl groups is 1. The molecule has 1 heterocycles. The number of allylic oxidation sites excluding steroid dienone is 2. The lowest BCUT2D eigenvalue weighted by atomic mass is 9.91. The molecule has 3 fully saturated rings. The number of hydrogen-bond acceptors (Lipinski definition) is 4. The van der Waals surface area contributed by atoms with Gasteiger partial charge in [0.15, 0.2) is 6.29 Å². The summed E-state index contributed by atoms with van der Waals surface area (Å²) in [5.74, 6) is 0.556. The van der Waals surface area contributed by atoms with Crippen molar-refractivity contribution in [3.05, 3.63) is 23.5 Å². The Hall–Kier alpha value is -1.33. The molecule has 0 aromatic heterocycles. The second-order valence-corrected chi connectivity index (χ2v) is 7.60. The molecule has 25 heavy (non-hydrogen) atoms. The van der Waals surface area contributed by atoms with Crippen molar-refractivity contribution < 1.29 is 24.5 Å². The summed E-state index contributed by atoms with van der Waals surface area (Å²) in [6.07, 6.45) is 12.1. The van der Waals surface area contributed by atoms with E-state index in [0.717, 1.165) is 51.6 Å². The van der Waals surface area contributed by atoms with Gasteiger partial charge in [0.1, 0.15) is 0 Å². The van der Waals surface area contributed by atoms with Gasteiger partial charge in [0, 0.05) is 18.8 Å². The van der Waals surface area contributed by atoms with Gasteiger partial charge in [-0.25, -0.2) is 0 Å². The molecule has 0 amide bonds. The van der Waals surface area contributed by atoms with Crippen LogP contribution in [0.15, 0.2) is 23.5 Å². The first kappa shape index (κ1) is 18.5. The molecule has 1 saturated heterocycles. The van der Waals surface area contributed by atoms with Crippen molar-refractivity contribution in [3.8, 4) is 0 Å². The van der Waals surface area contributed by atoms with E-state index in [-0.39, 0.29) is 25.2 Å². The van der Waals surface area contributed by atoms with Crippen LogP contribution in [-0.2, 0) is 14.3 Å². The maximum absolute atomic E-state index is 10.6. The average Bonchev–Trinajstić information content (AvgIpc) is 3.14. The van der Waals surface area contributed by atoms with Gasteiger partial charge in [-0.1, -0.05) is 11.6 Å². The molecule has 3 rings (SSSR count). The van der Waals surface area contributed by atoms with Crippen LogP contribution in [0.4, 0.5) is 0 Å². The number of carboxylic acids is 1. The van der Waals surface area contributed by atoms with E-state index in [1.165, 1.54) is 11.1 Å². The number of rotatable bonds is 7. The van der Waals surface area contributed by atoms with Gasteiger partial charge in [0.2, 0.25) is 0 Å². The first-order valence-corrected chi connectivity index (χ1v) is 9.64. The lowest BCUT2D eigenvalue weighted by molar-refractivity contribution is -0.137. The molecule has 1 aliphatic heterocycles. The lowest BCUT2D eigenvalue weighted by Gasteiger charge is -2.23. The van der Waals surface area contributed by atoms with Crippen LogP contribution in [0.3, 0.4) is 0 Å². The highest BCUT2D eigenvalue weighted by Crippen LogP contribution is 2.52. The second kappa shape index (κ2) is 8.86. The van der Waals surface area contributed by atoms with Crippen LogP contribution in [0.1, 0.15) is 57.8 Å². The summed E-state index contributed by atoms with van der Waals surface area (Å²) in [4.78, 5) is 10.6. The molecule has 0 radical (unpaired) electrons. The zero-order valence-corrected chi connectivity index (χ0v) is 14.9. The Balaban J connectivity index is 1.51. The summed E-state index contributed by atoms with van der Waals surface area (Å²) in [7, 11) is 0. The number of aliphatic hydroxyl groups excluding tert-OH is 1. The van der Waals surface area contributed by atoms with Gasteiger partial charge < -0.3 is 19.7 Å². The van der Waals surface area contributed by atoms with E-state index >= 15 is 0 Å². The molecule has 2 N–H and O–H groups in total. The molecule has 5 nitrogen and oxygen atoms in total. The smallest absolute Gasteiger partial charge is 0.303 e. The third kappa shape index (κ3) is 4.85. The maximum atomic E-state index is 10.6. The number of hydrogen-bond donors (Lipinski definition) is 2. The number of fused-ring (bicyclic) bond motifs is 1. The Morgan fingerprint density at radius 2 is 2.16 bits per heavy atom. The minimum absolute atomic E-state index is 0.120. The van der Waals surface area contributed by atoms with E-state index in [1.807, 2.05) is 6.26 Å². The fourth-order valence-corrected chi connectivity index (χ4v) is 4.56. The molecule has 3 aliphatic rings. The van der Waals surface area contributed by atoms with E-state index < -0.39 is 5.97 Å². The van der Waals surface area contributed by atoms with Crippen molar-refractivity contribution in [2.75, 3.05) is 13.2 Å². The van der Waals surface area contributed by atoms with Gasteiger partial charge in [-0.2, -0.15) is 0 Å². The summed E-state index contributed by atoms with van der Waals surface area (Å²) < 4.78 is 11.4. The minimum Gasteiger partial charge on any atom is -0.481 e. The predicted octanol–water partition coefficient (Wildman–Crippen LogP) is 3.63. The topological polar surface area (TPSA) is 76.0 Å². The van der Waals surface area contributed by atoms with Crippen LogP contribution in [0, 0.1) is 17.8 Å². The van der Waals surface area contributed by atoms with Crippen LogP contribution < -0.4 is 0 Å². The molecule has 2 saturated carbocycles. The van der Waals surface area contributed by atoms with Crippen molar-refractivity contribution in [1.82, 2.24) is 0 Å². The van der Waals surface area contributed by atoms with Crippen molar-refractivity contribution >= 4 is 5.97 Å². The SMILES string of the molecule is O=C(O)CCC/C=C1/C[C@H]2C/C(=C\OC3CCCCO3)[C@H](CO)[C@H]2C1. The van der Waals surface area contributed by atoms with E-state index in [9.17, 15) is 9.90 Å². The number of ether oxygens (including phenoxy) is 2. The lowest BCUT2D eigenvalue weighted by Crippen LogP contribution is -2.21. The summed E-state index contributed by atoms with van der Waals surface area (Å²) in [6.45, 7) is 0.951. The van der Waals surface area contributed by atoms with Crippen molar-refractivity contribution in [2.24, 2.45) is 17.8 Å². The summed E-state index contributed by atoms with van der Waals surface area (Å²) in [5.41, 5.74) is 2.67. The molecule has 5 heteroatoms. The van der Waals surface area contributed by atoms with Crippen LogP contribution in [0.2, 0.25) is 0 Å². The predicted molar refractivity (Wildman–Crippen MR) is 93.7 cm³/mol. The molecular weight excluding hydrogens is 320 g/mol. The Labute approximate surface area is 149 Å². The molecule has 0 aromatic carbocycles. The van der Waals surface area contributed by atoms with E-state index in [0.29, 0.717) is 18.3 Å². The molecule has 1 unspecified atom stereocenters. The molecule has 4 atom stereocenters. The zero-order chi connectivity index (χ0) is 17.6. The van der Waals surface area contributed by atoms with Crippen molar-refractivity contribution in [1.29, 1.82) is 0 Å². The minimum atomic E-state index is -0.723. The standard InChI is InChI=1S/C20H30O5/c21-12-18-16(13-25-20-7-3-4-8-24-20)11-15-9-14(10-17(15)18)5-1-2-6-19(22)23/h5,13,15,17-18,20-21H,1-4,6-12H2,(H,22,23)/b14-5-,16-13+/t15-,17-,18-,20?/m0/s1. The van der Waals surface area contributed by atoms with Gasteiger partial charge >= 0.3 is 5.97 Å². The quantitative estimate of drug-likeness (QED) is 0.416. The number of unbranched alkanes of at least 4 members (excludes halogenated alkanes) is 1. The fourth-order valence-electron chi connectivity index (χ4n) is 4.56. The van der Waals surface area contributed by atoms with E-state index in [4.69, 9.17) is 14.6 Å². The van der Waals surface area contributed by atoms with Crippen LogP contribution in [-0.4, -0.2) is 35.7 Å². The van der Waals surface area contributed by atoms with E-state index in [2.05, 4.69) is 6.08 Å². The summed E-state index contributed by atoms with van der Waals surface area (Å²) in [5, 5.41) is 18.6. The largest absolute Gasteiger partial charge is 0.481 e. The highest BCUT2D eigenvalue weighted by atomic mass is 16.7. The fraction of sp³-hybridized carbons (Fsp3) is 0.750. The van der Waals surface area contributed by atoms with Crippen LogP contribution in [0.5, 0.6) is 0 Å². The first-order chi connectivity index (χ1) is 12.2. The molecule has 0 spiro atoms. The average molecular weight is 350 g/mol. The van der Waals surface area contributed by atoms with Crippen molar-refractivity contribution in [2.45, 2.75) is 64.1 Å².